The molecule has 0 aliphatic carbocycles. The van der Waals surface area contributed by atoms with Crippen LogP contribution in [0.5, 0.6) is 0 Å². The minimum absolute atomic E-state index is 0.0984. The monoisotopic (exact) mass is 236 g/mol. The zero-order valence-corrected chi connectivity index (χ0v) is 9.36. The Morgan fingerprint density at radius 1 is 1.31 bits per heavy atom. The molecule has 0 radical (unpaired) electrons. The molecular weight excluding hydrogens is 228 g/mol. The summed E-state index contributed by atoms with van der Waals surface area (Å²) < 4.78 is 4.59. The first-order valence-corrected chi connectivity index (χ1v) is 5.07. The van der Waals surface area contributed by atoms with Crippen LogP contribution in [0.1, 0.15) is 5.69 Å². The maximum atomic E-state index is 11.2. The molecule has 0 atom stereocenters. The van der Waals surface area contributed by atoms with E-state index in [1.165, 1.54) is 7.11 Å². The number of benzene rings is 1. The number of carbonyl (C=O) groups excluding carboxylic acids is 1. The molecule has 0 saturated carbocycles. The van der Waals surface area contributed by atoms with Crippen molar-refractivity contribution < 1.29 is 9.53 Å². The largest absolute Gasteiger partial charge is 0.469 e. The second-order valence-electron chi connectivity index (χ2n) is 3.24. The van der Waals surface area contributed by atoms with Gasteiger partial charge in [-0.15, -0.1) is 5.10 Å². The topological polar surface area (TPSA) is 52.1 Å². The van der Waals surface area contributed by atoms with Gasteiger partial charge in [-0.3, -0.25) is 4.79 Å². The summed E-state index contributed by atoms with van der Waals surface area (Å²) in [5, 5.41) is 9.67. The fraction of sp³-hybridized carbons (Fsp3) is 0.182. The number of rotatable bonds is 2. The molecule has 0 spiro atoms. The molecule has 2 aromatic rings. The van der Waals surface area contributed by atoms with Gasteiger partial charge in [0, 0.05) is 10.8 Å². The Morgan fingerprint density at radius 2 is 2.00 bits per heavy atom. The predicted molar refractivity (Wildman–Crippen MR) is 60.3 cm³/mol. The van der Waals surface area contributed by atoms with Crippen LogP contribution in [-0.4, -0.2) is 23.3 Å². The van der Waals surface area contributed by atoms with E-state index in [9.17, 15) is 4.79 Å². The number of nitrogens with zero attached hydrogens (tertiary/aromatic N) is 2. The third-order valence-corrected chi connectivity index (χ3v) is 2.54. The molecule has 5 heteroatoms. The van der Waals surface area contributed by atoms with Crippen LogP contribution in [-0.2, 0) is 16.0 Å². The van der Waals surface area contributed by atoms with Gasteiger partial charge < -0.3 is 4.74 Å². The van der Waals surface area contributed by atoms with Gasteiger partial charge in [0.15, 0.2) is 5.15 Å². The Morgan fingerprint density at radius 3 is 2.69 bits per heavy atom. The fourth-order valence-corrected chi connectivity index (χ4v) is 1.67. The predicted octanol–water partition coefficient (Wildman–Crippen LogP) is 2.00. The number of esters is 1. The normalized spacial score (nSPS) is 10.4. The molecule has 82 valence electrons. The van der Waals surface area contributed by atoms with Crippen LogP contribution < -0.4 is 0 Å². The number of methoxy groups -OCH3 is 1. The van der Waals surface area contributed by atoms with Gasteiger partial charge in [0.25, 0.3) is 0 Å². The first kappa shape index (κ1) is 10.8. The minimum Gasteiger partial charge on any atom is -0.469 e. The first-order chi connectivity index (χ1) is 7.72. The van der Waals surface area contributed by atoms with Crippen LogP contribution in [0, 0.1) is 0 Å². The molecule has 1 heterocycles. The van der Waals surface area contributed by atoms with Crippen molar-refractivity contribution in [3.63, 3.8) is 0 Å². The molecule has 0 N–H and O–H groups in total. The summed E-state index contributed by atoms with van der Waals surface area (Å²) >= 11 is 5.91. The molecule has 16 heavy (non-hydrogen) atoms. The Bertz CT molecular complexity index is 542. The highest BCUT2D eigenvalue weighted by Crippen LogP contribution is 2.22. The van der Waals surface area contributed by atoms with Gasteiger partial charge >= 0.3 is 5.97 Å². The van der Waals surface area contributed by atoms with Crippen LogP contribution in [0.4, 0.5) is 0 Å². The van der Waals surface area contributed by atoms with E-state index in [1.807, 2.05) is 24.3 Å². The number of ether oxygens (including phenoxy) is 1. The van der Waals surface area contributed by atoms with Gasteiger partial charge in [0.1, 0.15) is 0 Å². The van der Waals surface area contributed by atoms with Gasteiger partial charge in [-0.05, 0) is 0 Å². The van der Waals surface area contributed by atoms with Gasteiger partial charge in [-0.1, -0.05) is 35.9 Å². The molecule has 1 aromatic carbocycles. The van der Waals surface area contributed by atoms with Crippen molar-refractivity contribution >= 4 is 28.3 Å². The average Bonchev–Trinajstić information content (AvgIpc) is 2.33. The summed E-state index contributed by atoms with van der Waals surface area (Å²) in [6.45, 7) is 0. The number of hydrogen-bond acceptors (Lipinski definition) is 4. The highest BCUT2D eigenvalue weighted by Gasteiger charge is 2.11. The molecule has 0 aliphatic rings. The smallest absolute Gasteiger partial charge is 0.311 e. The number of fused-ring (bicyclic) bond motifs is 1. The van der Waals surface area contributed by atoms with Gasteiger partial charge in [-0.25, -0.2) is 0 Å². The van der Waals surface area contributed by atoms with Crippen molar-refractivity contribution in [2.75, 3.05) is 7.11 Å². The number of halogens is 1. The van der Waals surface area contributed by atoms with Gasteiger partial charge in [0.2, 0.25) is 0 Å². The zero-order chi connectivity index (χ0) is 11.5. The Labute approximate surface area is 97.2 Å². The molecule has 0 aliphatic heterocycles. The van der Waals surface area contributed by atoms with E-state index in [2.05, 4.69) is 14.9 Å². The van der Waals surface area contributed by atoms with Crippen LogP contribution >= 0.6 is 11.6 Å². The molecule has 0 fully saturated rings. The summed E-state index contributed by atoms with van der Waals surface area (Å²) in [5.41, 5.74) is 0.576. The second-order valence-corrected chi connectivity index (χ2v) is 3.59. The van der Waals surface area contributed by atoms with Gasteiger partial charge in [0.05, 0.1) is 19.2 Å². The Kier molecular flexibility index (Phi) is 3.01. The van der Waals surface area contributed by atoms with Crippen molar-refractivity contribution in [1.29, 1.82) is 0 Å². The molecule has 1 aromatic heterocycles. The van der Waals surface area contributed by atoms with E-state index < -0.39 is 0 Å². The highest BCUT2D eigenvalue weighted by atomic mass is 35.5. The maximum Gasteiger partial charge on any atom is 0.311 e. The lowest BCUT2D eigenvalue weighted by Crippen LogP contribution is -2.07. The first-order valence-electron chi connectivity index (χ1n) is 4.69. The van der Waals surface area contributed by atoms with E-state index in [1.54, 1.807) is 0 Å². The van der Waals surface area contributed by atoms with Gasteiger partial charge in [-0.2, -0.15) is 5.10 Å². The standard InChI is InChI=1S/C11H9ClN2O2/c1-16-10(15)6-9-7-4-2-3-5-8(7)11(12)14-13-9/h2-5H,6H2,1H3. The molecular formula is C11H9ClN2O2. The lowest BCUT2D eigenvalue weighted by atomic mass is 10.1. The molecule has 0 saturated heterocycles. The second kappa shape index (κ2) is 4.45. The van der Waals surface area contributed by atoms with E-state index in [-0.39, 0.29) is 12.4 Å². The van der Waals surface area contributed by atoms with Crippen molar-refractivity contribution in [2.45, 2.75) is 6.42 Å². The zero-order valence-electron chi connectivity index (χ0n) is 8.61. The molecule has 4 nitrogen and oxygen atoms in total. The highest BCUT2D eigenvalue weighted by molar-refractivity contribution is 6.34. The Hall–Kier alpha value is -1.68. The van der Waals surface area contributed by atoms with E-state index >= 15 is 0 Å². The van der Waals surface area contributed by atoms with Crippen molar-refractivity contribution in [2.24, 2.45) is 0 Å². The van der Waals surface area contributed by atoms with E-state index in [0.29, 0.717) is 10.8 Å². The third-order valence-electron chi connectivity index (χ3n) is 2.26. The Balaban J connectivity index is 2.54. The molecule has 2 rings (SSSR count). The van der Waals surface area contributed by atoms with Crippen molar-refractivity contribution in [1.82, 2.24) is 10.2 Å². The maximum absolute atomic E-state index is 11.2. The third kappa shape index (κ3) is 1.97. The number of hydrogen-bond donors (Lipinski definition) is 0. The average molecular weight is 237 g/mol. The summed E-state index contributed by atoms with van der Waals surface area (Å²) in [6, 6.07) is 7.42. The van der Waals surface area contributed by atoms with Crippen LogP contribution in [0.15, 0.2) is 24.3 Å². The lowest BCUT2D eigenvalue weighted by molar-refractivity contribution is -0.139. The minimum atomic E-state index is -0.346. The van der Waals surface area contributed by atoms with E-state index in [0.717, 1.165) is 10.8 Å². The van der Waals surface area contributed by atoms with Crippen molar-refractivity contribution in [3.8, 4) is 0 Å². The number of carbonyl (C=O) groups is 1. The summed E-state index contributed by atoms with van der Waals surface area (Å²) in [6.07, 6.45) is 0.0984. The summed E-state index contributed by atoms with van der Waals surface area (Å²) in [4.78, 5) is 11.2. The quantitative estimate of drug-likeness (QED) is 0.749. The summed E-state index contributed by atoms with van der Waals surface area (Å²) in [5.74, 6) is -0.346. The molecule has 0 unspecified atom stereocenters. The fourth-order valence-electron chi connectivity index (χ4n) is 1.47. The SMILES string of the molecule is COC(=O)Cc1nnc(Cl)c2ccccc12. The van der Waals surface area contributed by atoms with Crippen LogP contribution in [0.3, 0.4) is 0 Å². The van der Waals surface area contributed by atoms with Crippen molar-refractivity contribution in [3.05, 3.63) is 35.1 Å². The molecule has 0 bridgehead atoms. The molecule has 0 amide bonds. The summed E-state index contributed by atoms with van der Waals surface area (Å²) in [7, 11) is 1.34. The number of aromatic nitrogens is 2. The van der Waals surface area contributed by atoms with Crippen LogP contribution in [0.2, 0.25) is 5.15 Å². The van der Waals surface area contributed by atoms with Crippen LogP contribution in [0.25, 0.3) is 10.8 Å². The van der Waals surface area contributed by atoms with E-state index in [4.69, 9.17) is 11.6 Å². The lowest BCUT2D eigenvalue weighted by Gasteiger charge is -2.04.